The molecule has 0 bridgehead atoms. The van der Waals surface area contributed by atoms with E-state index in [1.54, 1.807) is 5.56 Å². The monoisotopic (exact) mass is 259 g/mol. The number of nitrogens with one attached hydrogen (secondary N) is 1. The fourth-order valence-corrected chi connectivity index (χ4v) is 3.05. The average Bonchev–Trinajstić information content (AvgIpc) is 2.24. The van der Waals surface area contributed by atoms with E-state index >= 15 is 0 Å². The molecule has 106 valence electrons. The molecule has 1 aliphatic carbocycles. The Hall–Kier alpha value is -0.820. The summed E-state index contributed by atoms with van der Waals surface area (Å²) in [6.45, 7) is 12.5. The summed E-state index contributed by atoms with van der Waals surface area (Å²) in [5.41, 5.74) is 5.23. The molecule has 0 heterocycles. The summed E-state index contributed by atoms with van der Waals surface area (Å²) in [7, 11) is 0. The molecule has 1 aromatic carbocycles. The van der Waals surface area contributed by atoms with Gasteiger partial charge in [0.25, 0.3) is 0 Å². The third-order valence-corrected chi connectivity index (χ3v) is 4.60. The smallest absolute Gasteiger partial charge is 0.00967 e. The zero-order chi connectivity index (χ0) is 14.1. The molecule has 0 radical (unpaired) electrons. The quantitative estimate of drug-likeness (QED) is 0.845. The van der Waals surface area contributed by atoms with Gasteiger partial charge in [-0.2, -0.15) is 0 Å². The van der Waals surface area contributed by atoms with Crippen LogP contribution in [0.4, 0.5) is 0 Å². The highest BCUT2D eigenvalue weighted by atomic mass is 15.0. The molecule has 0 aromatic heterocycles. The maximum atomic E-state index is 3.72. The van der Waals surface area contributed by atoms with Crippen LogP contribution in [-0.4, -0.2) is 12.1 Å². The van der Waals surface area contributed by atoms with Crippen LogP contribution in [0.15, 0.2) is 18.2 Å². The second-order valence-corrected chi connectivity index (χ2v) is 7.50. The molecule has 0 atom stereocenters. The van der Waals surface area contributed by atoms with Crippen molar-refractivity contribution < 1.29 is 0 Å². The molecule has 0 saturated heterocycles. The molecule has 2 rings (SSSR count). The number of hydrogen-bond donors (Lipinski definition) is 1. The van der Waals surface area contributed by atoms with Gasteiger partial charge in [-0.05, 0) is 76.0 Å². The fourth-order valence-electron chi connectivity index (χ4n) is 3.05. The van der Waals surface area contributed by atoms with Gasteiger partial charge in [0.15, 0.2) is 0 Å². The Labute approximate surface area is 118 Å². The van der Waals surface area contributed by atoms with Gasteiger partial charge >= 0.3 is 0 Å². The zero-order valence-corrected chi connectivity index (χ0v) is 13.3. The maximum absolute atomic E-state index is 3.72. The molecule has 1 N–H and O–H groups in total. The van der Waals surface area contributed by atoms with Gasteiger partial charge in [-0.15, -0.1) is 0 Å². The SMILES string of the molecule is Cc1cccc(C)c1CC1(CNC(C)(C)C)CCC1. The molecule has 0 unspecified atom stereocenters. The Balaban J connectivity index is 2.10. The van der Waals surface area contributed by atoms with E-state index in [1.165, 1.54) is 36.8 Å². The highest BCUT2D eigenvalue weighted by Crippen LogP contribution is 2.44. The topological polar surface area (TPSA) is 12.0 Å². The summed E-state index contributed by atoms with van der Waals surface area (Å²) in [5, 5.41) is 3.72. The summed E-state index contributed by atoms with van der Waals surface area (Å²) in [6, 6.07) is 6.69. The molecule has 0 spiro atoms. The van der Waals surface area contributed by atoms with Gasteiger partial charge < -0.3 is 5.32 Å². The molecule has 0 amide bonds. The van der Waals surface area contributed by atoms with Gasteiger partial charge in [-0.25, -0.2) is 0 Å². The van der Waals surface area contributed by atoms with Crippen LogP contribution in [-0.2, 0) is 6.42 Å². The van der Waals surface area contributed by atoms with E-state index in [1.807, 2.05) is 0 Å². The van der Waals surface area contributed by atoms with Gasteiger partial charge in [0, 0.05) is 12.1 Å². The minimum Gasteiger partial charge on any atom is -0.312 e. The number of aryl methyl sites for hydroxylation is 2. The first-order valence-corrected chi connectivity index (χ1v) is 7.62. The number of rotatable bonds is 4. The fraction of sp³-hybridized carbons (Fsp3) is 0.667. The van der Waals surface area contributed by atoms with Crippen molar-refractivity contribution in [1.82, 2.24) is 5.32 Å². The van der Waals surface area contributed by atoms with Crippen molar-refractivity contribution in [2.24, 2.45) is 5.41 Å². The van der Waals surface area contributed by atoms with Crippen LogP contribution in [0.2, 0.25) is 0 Å². The molecule has 0 aliphatic heterocycles. The van der Waals surface area contributed by atoms with Crippen molar-refractivity contribution in [3.8, 4) is 0 Å². The van der Waals surface area contributed by atoms with Crippen LogP contribution < -0.4 is 5.32 Å². The normalized spacial score (nSPS) is 18.2. The predicted molar refractivity (Wildman–Crippen MR) is 83.7 cm³/mol. The minimum atomic E-state index is 0.226. The molecule has 1 fully saturated rings. The van der Waals surface area contributed by atoms with E-state index in [2.05, 4.69) is 58.1 Å². The second-order valence-electron chi connectivity index (χ2n) is 7.50. The Morgan fingerprint density at radius 3 is 2.11 bits per heavy atom. The molecule has 1 saturated carbocycles. The summed E-state index contributed by atoms with van der Waals surface area (Å²) >= 11 is 0. The largest absolute Gasteiger partial charge is 0.312 e. The lowest BCUT2D eigenvalue weighted by Crippen LogP contribution is -2.48. The molecular weight excluding hydrogens is 230 g/mol. The standard InChI is InChI=1S/C18H29N/c1-14-8-6-9-15(2)16(14)12-18(10-7-11-18)13-19-17(3,4)5/h6,8-9,19H,7,10-13H2,1-5H3. The van der Waals surface area contributed by atoms with Crippen molar-refractivity contribution >= 4 is 0 Å². The average molecular weight is 259 g/mol. The van der Waals surface area contributed by atoms with Gasteiger partial charge in [0.2, 0.25) is 0 Å². The van der Waals surface area contributed by atoms with E-state index in [9.17, 15) is 0 Å². The molecular formula is C18H29N. The van der Waals surface area contributed by atoms with E-state index in [-0.39, 0.29) is 5.54 Å². The summed E-state index contributed by atoms with van der Waals surface area (Å²) in [4.78, 5) is 0. The van der Waals surface area contributed by atoms with Crippen LogP contribution in [0.25, 0.3) is 0 Å². The van der Waals surface area contributed by atoms with Crippen LogP contribution in [0.1, 0.15) is 56.7 Å². The van der Waals surface area contributed by atoms with E-state index < -0.39 is 0 Å². The van der Waals surface area contributed by atoms with Crippen molar-refractivity contribution in [3.63, 3.8) is 0 Å². The summed E-state index contributed by atoms with van der Waals surface area (Å²) in [5.74, 6) is 0. The number of benzene rings is 1. The Bertz CT molecular complexity index is 415. The minimum absolute atomic E-state index is 0.226. The maximum Gasteiger partial charge on any atom is 0.00967 e. The third kappa shape index (κ3) is 3.60. The van der Waals surface area contributed by atoms with Crippen LogP contribution in [0, 0.1) is 19.3 Å². The molecule has 1 aromatic rings. The summed E-state index contributed by atoms with van der Waals surface area (Å²) in [6.07, 6.45) is 5.40. The van der Waals surface area contributed by atoms with Gasteiger partial charge in [0.05, 0.1) is 0 Å². The lowest BCUT2D eigenvalue weighted by atomic mass is 9.64. The Morgan fingerprint density at radius 2 is 1.68 bits per heavy atom. The van der Waals surface area contributed by atoms with Gasteiger partial charge in [-0.1, -0.05) is 24.6 Å². The first kappa shape index (κ1) is 14.6. The molecule has 1 nitrogen and oxygen atoms in total. The summed E-state index contributed by atoms with van der Waals surface area (Å²) < 4.78 is 0. The van der Waals surface area contributed by atoms with Crippen LogP contribution >= 0.6 is 0 Å². The Kier molecular flexibility index (Phi) is 4.06. The molecule has 1 aliphatic rings. The lowest BCUT2D eigenvalue weighted by molar-refractivity contribution is 0.118. The lowest BCUT2D eigenvalue weighted by Gasteiger charge is -2.44. The van der Waals surface area contributed by atoms with E-state index in [4.69, 9.17) is 0 Å². The van der Waals surface area contributed by atoms with Crippen molar-refractivity contribution in [1.29, 1.82) is 0 Å². The van der Waals surface area contributed by atoms with E-state index in [0.29, 0.717) is 5.41 Å². The highest BCUT2D eigenvalue weighted by Gasteiger charge is 2.38. The van der Waals surface area contributed by atoms with E-state index in [0.717, 1.165) is 6.54 Å². The van der Waals surface area contributed by atoms with Gasteiger partial charge in [-0.3, -0.25) is 0 Å². The number of hydrogen-bond acceptors (Lipinski definition) is 1. The van der Waals surface area contributed by atoms with Crippen molar-refractivity contribution in [2.75, 3.05) is 6.54 Å². The first-order valence-electron chi connectivity index (χ1n) is 7.62. The molecule has 1 heteroatoms. The third-order valence-electron chi connectivity index (χ3n) is 4.60. The van der Waals surface area contributed by atoms with Crippen molar-refractivity contribution in [3.05, 3.63) is 34.9 Å². The Morgan fingerprint density at radius 1 is 1.11 bits per heavy atom. The second kappa shape index (κ2) is 5.28. The van der Waals surface area contributed by atoms with Gasteiger partial charge in [0.1, 0.15) is 0 Å². The zero-order valence-electron chi connectivity index (χ0n) is 13.3. The van der Waals surface area contributed by atoms with Crippen LogP contribution in [0.5, 0.6) is 0 Å². The predicted octanol–water partition coefficient (Wildman–Crippen LogP) is 4.40. The first-order chi connectivity index (χ1) is 8.81. The van der Waals surface area contributed by atoms with Crippen molar-refractivity contribution in [2.45, 2.75) is 65.8 Å². The highest BCUT2D eigenvalue weighted by molar-refractivity contribution is 5.34. The molecule has 19 heavy (non-hydrogen) atoms. The van der Waals surface area contributed by atoms with Crippen LogP contribution in [0.3, 0.4) is 0 Å².